The zero-order valence-electron chi connectivity index (χ0n) is 14.8. The second-order valence-corrected chi connectivity index (χ2v) is 8.07. The summed E-state index contributed by atoms with van der Waals surface area (Å²) in [7, 11) is 0. The number of nitrogens with zero attached hydrogens (tertiary/aromatic N) is 3. The summed E-state index contributed by atoms with van der Waals surface area (Å²) in [6.45, 7) is 0. The molecule has 4 aromatic rings. The quantitative estimate of drug-likeness (QED) is 0.311. The number of aromatic nitrogens is 3. The van der Waals surface area contributed by atoms with Gasteiger partial charge in [0.15, 0.2) is 15.8 Å². The molecular weight excluding hydrogens is 441 g/mol. The number of carbonyl (C=O) groups is 1. The van der Waals surface area contributed by atoms with Crippen LogP contribution in [0.4, 0.5) is 18.3 Å². The highest BCUT2D eigenvalue weighted by Gasteiger charge is 2.30. The van der Waals surface area contributed by atoms with E-state index >= 15 is 0 Å². The number of anilines is 1. The minimum Gasteiger partial charge on any atom is -0.461 e. The first-order valence-corrected chi connectivity index (χ1v) is 10.1. The maximum Gasteiger partial charge on any atom is 0.416 e. The largest absolute Gasteiger partial charge is 0.461 e. The van der Waals surface area contributed by atoms with Crippen molar-refractivity contribution in [3.05, 3.63) is 65.5 Å². The third kappa shape index (κ3) is 4.71. The summed E-state index contributed by atoms with van der Waals surface area (Å²) in [6.07, 6.45) is -2.92. The predicted octanol–water partition coefficient (Wildman–Crippen LogP) is 5.35. The Hall–Kier alpha value is -3.12. The van der Waals surface area contributed by atoms with Crippen LogP contribution in [-0.4, -0.2) is 21.3 Å². The van der Waals surface area contributed by atoms with E-state index in [-0.39, 0.29) is 16.6 Å². The first-order chi connectivity index (χ1) is 14.4. The molecule has 0 spiro atoms. The van der Waals surface area contributed by atoms with Crippen molar-refractivity contribution >= 4 is 34.1 Å². The summed E-state index contributed by atoms with van der Waals surface area (Å²) in [6, 6.07) is 9.86. The van der Waals surface area contributed by atoms with Crippen LogP contribution < -0.4 is 5.32 Å². The Morgan fingerprint density at radius 1 is 1.13 bits per heavy atom. The van der Waals surface area contributed by atoms with Gasteiger partial charge in [0.05, 0.1) is 11.8 Å². The van der Waals surface area contributed by atoms with E-state index in [1.807, 2.05) is 0 Å². The lowest BCUT2D eigenvalue weighted by Gasteiger charge is -2.07. The average molecular weight is 452 g/mol. The zero-order valence-corrected chi connectivity index (χ0v) is 16.5. The molecule has 0 atom stereocenters. The number of furan rings is 1. The van der Waals surface area contributed by atoms with E-state index < -0.39 is 17.6 Å². The van der Waals surface area contributed by atoms with Crippen LogP contribution in [0.15, 0.2) is 62.0 Å². The molecule has 0 fully saturated rings. The molecular formula is C18H11F3N4O3S2. The smallest absolute Gasteiger partial charge is 0.416 e. The molecule has 0 unspecified atom stereocenters. The van der Waals surface area contributed by atoms with Crippen LogP contribution in [0.5, 0.6) is 0 Å². The zero-order chi connectivity index (χ0) is 21.1. The summed E-state index contributed by atoms with van der Waals surface area (Å²) < 4.78 is 49.1. The Morgan fingerprint density at radius 3 is 2.77 bits per heavy atom. The monoisotopic (exact) mass is 452 g/mol. The van der Waals surface area contributed by atoms with Crippen LogP contribution in [0.25, 0.3) is 11.5 Å². The lowest BCUT2D eigenvalue weighted by atomic mass is 10.1. The van der Waals surface area contributed by atoms with Crippen molar-refractivity contribution in [1.29, 1.82) is 0 Å². The summed E-state index contributed by atoms with van der Waals surface area (Å²) >= 11 is 2.32. The van der Waals surface area contributed by atoms with Crippen LogP contribution in [0, 0.1) is 0 Å². The van der Waals surface area contributed by atoms with Gasteiger partial charge in [-0.05, 0) is 23.8 Å². The Balaban J connectivity index is 1.36. The van der Waals surface area contributed by atoms with Crippen LogP contribution >= 0.6 is 23.1 Å². The molecule has 0 aliphatic carbocycles. The Bertz CT molecular complexity index is 1160. The normalized spacial score (nSPS) is 11.6. The molecule has 0 bridgehead atoms. The van der Waals surface area contributed by atoms with Crippen molar-refractivity contribution in [2.45, 2.75) is 16.3 Å². The fourth-order valence-electron chi connectivity index (χ4n) is 2.38. The number of hydrogen-bond acceptors (Lipinski definition) is 8. The number of alkyl halides is 3. The minimum atomic E-state index is -4.39. The molecule has 0 saturated heterocycles. The number of carbonyl (C=O) groups excluding carboxylic acids is 1. The van der Waals surface area contributed by atoms with E-state index in [1.54, 1.807) is 18.2 Å². The van der Waals surface area contributed by atoms with Gasteiger partial charge in [-0.1, -0.05) is 46.5 Å². The SMILES string of the molecule is O=C(Nc1nnc(SCc2cccc(C(F)(F)F)c2)s1)c1cc(-c2ccco2)on1. The van der Waals surface area contributed by atoms with Gasteiger partial charge in [0.1, 0.15) is 0 Å². The Morgan fingerprint density at radius 2 is 2.00 bits per heavy atom. The number of halogens is 3. The third-order valence-corrected chi connectivity index (χ3v) is 5.79. The van der Waals surface area contributed by atoms with Crippen molar-refractivity contribution < 1.29 is 26.9 Å². The average Bonchev–Trinajstić information content (AvgIpc) is 3.46. The summed E-state index contributed by atoms with van der Waals surface area (Å²) in [5, 5.41) is 14.3. The predicted molar refractivity (Wildman–Crippen MR) is 103 cm³/mol. The molecule has 0 radical (unpaired) electrons. The maximum atomic E-state index is 12.8. The molecule has 1 amide bonds. The van der Waals surface area contributed by atoms with Crippen molar-refractivity contribution in [3.8, 4) is 11.5 Å². The minimum absolute atomic E-state index is 0.0368. The van der Waals surface area contributed by atoms with Gasteiger partial charge < -0.3 is 8.94 Å². The molecule has 1 N–H and O–H groups in total. The second kappa shape index (κ2) is 8.32. The van der Waals surface area contributed by atoms with Gasteiger partial charge >= 0.3 is 6.18 Å². The number of rotatable bonds is 6. The second-order valence-electron chi connectivity index (χ2n) is 5.87. The summed E-state index contributed by atoms with van der Waals surface area (Å²) in [4.78, 5) is 12.3. The number of thioether (sulfide) groups is 1. The van der Waals surface area contributed by atoms with E-state index in [1.165, 1.54) is 30.2 Å². The molecule has 3 aromatic heterocycles. The van der Waals surface area contributed by atoms with E-state index in [0.29, 0.717) is 21.4 Å². The molecule has 3 heterocycles. The van der Waals surface area contributed by atoms with Gasteiger partial charge in [-0.15, -0.1) is 10.2 Å². The molecule has 0 saturated carbocycles. The Kier molecular flexibility index (Phi) is 5.59. The van der Waals surface area contributed by atoms with Crippen molar-refractivity contribution in [3.63, 3.8) is 0 Å². The highest BCUT2D eigenvalue weighted by molar-refractivity contribution is 8.00. The molecule has 0 aliphatic heterocycles. The van der Waals surface area contributed by atoms with Gasteiger partial charge in [-0.3, -0.25) is 10.1 Å². The molecule has 30 heavy (non-hydrogen) atoms. The third-order valence-electron chi connectivity index (χ3n) is 3.75. The number of nitrogens with one attached hydrogen (secondary N) is 1. The number of benzene rings is 1. The lowest BCUT2D eigenvalue weighted by molar-refractivity contribution is -0.137. The van der Waals surface area contributed by atoms with Crippen LogP contribution in [0.1, 0.15) is 21.6 Å². The molecule has 154 valence electrons. The number of hydrogen-bond donors (Lipinski definition) is 1. The molecule has 4 rings (SSSR count). The first kappa shape index (κ1) is 20.2. The molecule has 1 aromatic carbocycles. The number of amides is 1. The van der Waals surface area contributed by atoms with E-state index in [4.69, 9.17) is 8.94 Å². The van der Waals surface area contributed by atoms with Gasteiger partial charge in [0.25, 0.3) is 5.91 Å². The van der Waals surface area contributed by atoms with Crippen molar-refractivity contribution in [1.82, 2.24) is 15.4 Å². The fourth-order valence-corrected chi connectivity index (χ4v) is 4.07. The summed E-state index contributed by atoms with van der Waals surface area (Å²) in [5.41, 5.74) is -0.161. The summed E-state index contributed by atoms with van der Waals surface area (Å²) in [5.74, 6) is 0.482. The van der Waals surface area contributed by atoms with Crippen molar-refractivity contribution in [2.24, 2.45) is 0 Å². The van der Waals surface area contributed by atoms with E-state index in [2.05, 4.69) is 20.7 Å². The fraction of sp³-hybridized carbons (Fsp3) is 0.111. The lowest BCUT2D eigenvalue weighted by Crippen LogP contribution is -2.11. The van der Waals surface area contributed by atoms with Gasteiger partial charge in [0, 0.05) is 11.8 Å². The van der Waals surface area contributed by atoms with Crippen LogP contribution in [0.3, 0.4) is 0 Å². The van der Waals surface area contributed by atoms with Crippen LogP contribution in [0.2, 0.25) is 0 Å². The van der Waals surface area contributed by atoms with Gasteiger partial charge in [0.2, 0.25) is 10.9 Å². The van der Waals surface area contributed by atoms with Gasteiger partial charge in [-0.2, -0.15) is 13.2 Å². The topological polar surface area (TPSA) is 94.1 Å². The van der Waals surface area contributed by atoms with Gasteiger partial charge in [-0.25, -0.2) is 0 Å². The molecule has 0 aliphatic rings. The van der Waals surface area contributed by atoms with Crippen molar-refractivity contribution in [2.75, 3.05) is 5.32 Å². The van der Waals surface area contributed by atoms with E-state index in [9.17, 15) is 18.0 Å². The molecule has 7 nitrogen and oxygen atoms in total. The Labute approximate surface area is 175 Å². The van der Waals surface area contributed by atoms with Crippen LogP contribution in [-0.2, 0) is 11.9 Å². The van der Waals surface area contributed by atoms with E-state index in [0.717, 1.165) is 23.5 Å². The standard InChI is InChI=1S/C18H11F3N4O3S2/c19-18(20,21)11-4-1-3-10(7-11)9-29-17-24-23-16(30-17)22-15(26)12-8-14(28-25-12)13-5-2-6-27-13/h1-8H,9H2,(H,22,23,26). The first-order valence-electron chi connectivity index (χ1n) is 8.33. The highest BCUT2D eigenvalue weighted by Crippen LogP contribution is 2.32. The highest BCUT2D eigenvalue weighted by atomic mass is 32.2. The molecule has 12 heteroatoms. The maximum absolute atomic E-state index is 12.8.